The second-order valence-electron chi connectivity index (χ2n) is 5.81. The van der Waals surface area contributed by atoms with Crippen molar-refractivity contribution < 1.29 is 22.4 Å². The number of nitrogens with one attached hydrogen (secondary N) is 2. The average Bonchev–Trinajstić information content (AvgIpc) is 3.26. The number of benzene rings is 1. The summed E-state index contributed by atoms with van der Waals surface area (Å²) in [6, 6.07) is 6.22. The summed E-state index contributed by atoms with van der Waals surface area (Å²) in [5.41, 5.74) is -0.0518. The number of anilines is 2. The van der Waals surface area contributed by atoms with Gasteiger partial charge in [-0.05, 0) is 43.2 Å². The molecule has 0 saturated carbocycles. The van der Waals surface area contributed by atoms with Crippen LogP contribution in [-0.4, -0.2) is 19.1 Å². The molecule has 1 aromatic heterocycles. The molecule has 0 bridgehead atoms. The Bertz CT molecular complexity index is 723. The Morgan fingerprint density at radius 2 is 1.96 bits per heavy atom. The van der Waals surface area contributed by atoms with Crippen molar-refractivity contribution in [1.82, 2.24) is 5.32 Å². The van der Waals surface area contributed by atoms with Crippen LogP contribution in [0, 0.1) is 0 Å². The number of halogens is 3. The highest BCUT2D eigenvalue weighted by Crippen LogP contribution is 2.36. The van der Waals surface area contributed by atoms with Crippen LogP contribution in [0.5, 0.6) is 0 Å². The second-order valence-corrected chi connectivity index (χ2v) is 5.81. The largest absolute Gasteiger partial charge is 0.467 e. The average molecular weight is 353 g/mol. The lowest BCUT2D eigenvalue weighted by Crippen LogP contribution is -2.29. The minimum absolute atomic E-state index is 0.147. The molecule has 25 heavy (non-hydrogen) atoms. The van der Waals surface area contributed by atoms with Gasteiger partial charge in [0, 0.05) is 13.1 Å². The fourth-order valence-corrected chi connectivity index (χ4v) is 2.79. The molecule has 0 unspecified atom stereocenters. The Kier molecular flexibility index (Phi) is 4.87. The van der Waals surface area contributed by atoms with Gasteiger partial charge in [0.2, 0.25) is 0 Å². The van der Waals surface area contributed by atoms with Gasteiger partial charge >= 0.3 is 12.2 Å². The summed E-state index contributed by atoms with van der Waals surface area (Å²) in [7, 11) is 0. The van der Waals surface area contributed by atoms with Crippen LogP contribution in [-0.2, 0) is 12.7 Å². The molecule has 2 heterocycles. The van der Waals surface area contributed by atoms with Crippen molar-refractivity contribution >= 4 is 17.4 Å². The van der Waals surface area contributed by atoms with Crippen molar-refractivity contribution in [3.8, 4) is 0 Å². The molecule has 0 spiro atoms. The van der Waals surface area contributed by atoms with Crippen molar-refractivity contribution in [1.29, 1.82) is 0 Å². The Morgan fingerprint density at radius 3 is 2.60 bits per heavy atom. The van der Waals surface area contributed by atoms with E-state index in [4.69, 9.17) is 4.42 Å². The summed E-state index contributed by atoms with van der Waals surface area (Å²) in [6.07, 6.45) is -1.03. The molecule has 2 N–H and O–H groups in total. The number of amides is 2. The first-order chi connectivity index (χ1) is 11.9. The first-order valence-corrected chi connectivity index (χ1v) is 7.97. The van der Waals surface area contributed by atoms with Crippen LogP contribution >= 0.6 is 0 Å². The van der Waals surface area contributed by atoms with Gasteiger partial charge in [-0.25, -0.2) is 4.79 Å². The number of rotatable bonds is 4. The molecule has 134 valence electrons. The first kappa shape index (κ1) is 17.2. The highest BCUT2D eigenvalue weighted by molar-refractivity contribution is 5.93. The van der Waals surface area contributed by atoms with Crippen molar-refractivity contribution in [2.24, 2.45) is 0 Å². The minimum Gasteiger partial charge on any atom is -0.467 e. The molecule has 1 aliphatic heterocycles. The van der Waals surface area contributed by atoms with Crippen LogP contribution in [0.1, 0.15) is 24.2 Å². The highest BCUT2D eigenvalue weighted by atomic mass is 19.4. The van der Waals surface area contributed by atoms with Crippen LogP contribution in [0.15, 0.2) is 41.0 Å². The zero-order valence-corrected chi connectivity index (χ0v) is 13.4. The smallest absolute Gasteiger partial charge is 0.416 e. The molecule has 8 heteroatoms. The van der Waals surface area contributed by atoms with E-state index in [0.717, 1.165) is 38.1 Å². The topological polar surface area (TPSA) is 57.5 Å². The fraction of sp³-hybridized carbons (Fsp3) is 0.353. The molecule has 2 amide bonds. The van der Waals surface area contributed by atoms with Crippen LogP contribution in [0.3, 0.4) is 0 Å². The summed E-state index contributed by atoms with van der Waals surface area (Å²) < 4.78 is 44.1. The molecule has 0 atom stereocenters. The van der Waals surface area contributed by atoms with E-state index in [-0.39, 0.29) is 12.2 Å². The van der Waals surface area contributed by atoms with Gasteiger partial charge in [-0.2, -0.15) is 13.2 Å². The molecule has 2 aromatic rings. The number of hydrogen-bond acceptors (Lipinski definition) is 3. The fourth-order valence-electron chi connectivity index (χ4n) is 2.79. The third-order valence-electron chi connectivity index (χ3n) is 4.02. The SMILES string of the molecule is O=C(NCc1ccco1)Nc1cc(C(F)(F)F)ccc1N1CCCC1. The van der Waals surface area contributed by atoms with Crippen molar-refractivity contribution in [3.63, 3.8) is 0 Å². The van der Waals surface area contributed by atoms with Crippen LogP contribution in [0.2, 0.25) is 0 Å². The van der Waals surface area contributed by atoms with Crippen LogP contribution in [0.25, 0.3) is 0 Å². The van der Waals surface area contributed by atoms with Gasteiger partial charge in [0.1, 0.15) is 5.76 Å². The van der Waals surface area contributed by atoms with Crippen molar-refractivity contribution in [2.45, 2.75) is 25.6 Å². The van der Waals surface area contributed by atoms with Gasteiger partial charge in [-0.15, -0.1) is 0 Å². The lowest BCUT2D eigenvalue weighted by atomic mass is 10.1. The van der Waals surface area contributed by atoms with E-state index in [9.17, 15) is 18.0 Å². The molecule has 0 aliphatic carbocycles. The Morgan fingerprint density at radius 1 is 1.20 bits per heavy atom. The lowest BCUT2D eigenvalue weighted by Gasteiger charge is -2.23. The predicted molar refractivity (Wildman–Crippen MR) is 87.5 cm³/mol. The monoisotopic (exact) mass is 353 g/mol. The zero-order chi connectivity index (χ0) is 17.9. The normalized spacial score (nSPS) is 14.6. The third-order valence-corrected chi connectivity index (χ3v) is 4.02. The molecule has 3 rings (SSSR count). The standard InChI is InChI=1S/C17H18F3N3O2/c18-17(19,20)12-5-6-15(23-7-1-2-8-23)14(10-12)22-16(24)21-11-13-4-3-9-25-13/h3-6,9-10H,1-2,7-8,11H2,(H2,21,22,24). The van der Waals surface area contributed by atoms with Gasteiger partial charge in [0.15, 0.2) is 0 Å². The third kappa shape index (κ3) is 4.26. The molecule has 1 aromatic carbocycles. The molecule has 0 radical (unpaired) electrons. The summed E-state index contributed by atoms with van der Waals surface area (Å²) in [5.74, 6) is 0.555. The summed E-state index contributed by atoms with van der Waals surface area (Å²) in [4.78, 5) is 14.0. The van der Waals surface area contributed by atoms with Crippen molar-refractivity contribution in [3.05, 3.63) is 47.9 Å². The maximum absolute atomic E-state index is 13.0. The van der Waals surface area contributed by atoms with Gasteiger partial charge in [0.05, 0.1) is 29.7 Å². The van der Waals surface area contributed by atoms with Crippen LogP contribution in [0.4, 0.5) is 29.3 Å². The van der Waals surface area contributed by atoms with E-state index >= 15 is 0 Å². The predicted octanol–water partition coefficient (Wildman–Crippen LogP) is 4.22. The number of furan rings is 1. The van der Waals surface area contributed by atoms with E-state index in [2.05, 4.69) is 10.6 Å². The van der Waals surface area contributed by atoms with Gasteiger partial charge in [-0.1, -0.05) is 0 Å². The zero-order valence-electron chi connectivity index (χ0n) is 13.4. The summed E-state index contributed by atoms with van der Waals surface area (Å²) >= 11 is 0. The second kappa shape index (κ2) is 7.08. The number of hydrogen-bond donors (Lipinski definition) is 2. The number of carbonyl (C=O) groups excluding carboxylic acids is 1. The molecule has 1 fully saturated rings. The minimum atomic E-state index is -4.47. The summed E-state index contributed by atoms with van der Waals surface area (Å²) in [6.45, 7) is 1.67. The number of alkyl halides is 3. The Balaban J connectivity index is 1.77. The maximum Gasteiger partial charge on any atom is 0.416 e. The Labute approximate surface area is 142 Å². The van der Waals surface area contributed by atoms with E-state index in [1.807, 2.05) is 4.90 Å². The van der Waals surface area contributed by atoms with Gasteiger partial charge in [-0.3, -0.25) is 0 Å². The quantitative estimate of drug-likeness (QED) is 0.865. The molecular weight excluding hydrogens is 335 g/mol. The lowest BCUT2D eigenvalue weighted by molar-refractivity contribution is -0.137. The molecular formula is C17H18F3N3O2. The van der Waals surface area contributed by atoms with E-state index in [0.29, 0.717) is 11.4 Å². The van der Waals surface area contributed by atoms with Gasteiger partial charge < -0.3 is 20.0 Å². The highest BCUT2D eigenvalue weighted by Gasteiger charge is 2.32. The molecule has 5 nitrogen and oxygen atoms in total. The Hall–Kier alpha value is -2.64. The van der Waals surface area contributed by atoms with E-state index < -0.39 is 17.8 Å². The summed E-state index contributed by atoms with van der Waals surface area (Å²) in [5, 5.41) is 5.09. The number of urea groups is 1. The van der Waals surface area contributed by atoms with Gasteiger partial charge in [0.25, 0.3) is 0 Å². The first-order valence-electron chi connectivity index (χ1n) is 7.97. The van der Waals surface area contributed by atoms with E-state index in [1.165, 1.54) is 12.3 Å². The van der Waals surface area contributed by atoms with Crippen LogP contribution < -0.4 is 15.5 Å². The van der Waals surface area contributed by atoms with E-state index in [1.54, 1.807) is 12.1 Å². The van der Waals surface area contributed by atoms with Crippen molar-refractivity contribution in [2.75, 3.05) is 23.3 Å². The maximum atomic E-state index is 13.0. The number of carbonyl (C=O) groups is 1. The molecule has 1 aliphatic rings. The number of nitrogens with zero attached hydrogens (tertiary/aromatic N) is 1. The molecule has 1 saturated heterocycles.